The van der Waals surface area contributed by atoms with Crippen LogP contribution in [0.3, 0.4) is 0 Å². The van der Waals surface area contributed by atoms with Gasteiger partial charge in [-0.2, -0.15) is 0 Å². The van der Waals surface area contributed by atoms with Gasteiger partial charge in [-0.05, 0) is 49.9 Å². The summed E-state index contributed by atoms with van der Waals surface area (Å²) in [5.41, 5.74) is 0. The smallest absolute Gasteiger partial charge is 0.222 e. The minimum Gasteiger partial charge on any atom is -0.494 e. The van der Waals surface area contributed by atoms with Crippen molar-refractivity contribution in [2.75, 3.05) is 19.8 Å². The number of hydrogen-bond acceptors (Lipinski definition) is 3. The van der Waals surface area contributed by atoms with Crippen molar-refractivity contribution >= 4 is 5.91 Å². The molecule has 1 amide bonds. The Labute approximate surface area is 124 Å². The van der Waals surface area contributed by atoms with Gasteiger partial charge in [-0.25, -0.2) is 4.39 Å². The Hall–Kier alpha value is -1.62. The van der Waals surface area contributed by atoms with Crippen molar-refractivity contribution in [1.82, 2.24) is 5.32 Å². The molecule has 1 fully saturated rings. The zero-order valence-electron chi connectivity index (χ0n) is 12.1. The van der Waals surface area contributed by atoms with Gasteiger partial charge in [0, 0.05) is 13.2 Å². The number of rotatable bonds is 7. The van der Waals surface area contributed by atoms with Gasteiger partial charge in [-0.1, -0.05) is 0 Å². The summed E-state index contributed by atoms with van der Waals surface area (Å²) < 4.78 is 23.7. The second-order valence-corrected chi connectivity index (χ2v) is 5.20. The molecule has 2 rings (SSSR count). The fourth-order valence-electron chi connectivity index (χ4n) is 2.27. The molecule has 0 radical (unpaired) electrons. The molecule has 1 saturated heterocycles. The zero-order valence-corrected chi connectivity index (χ0v) is 12.1. The number of hydrogen-bond donors (Lipinski definition) is 1. The SMILES string of the molecule is O=C(CC1CCCCO1)NCCCOc1ccc(F)cc1. The molecule has 5 heteroatoms. The minimum absolute atomic E-state index is 0.0312. The van der Waals surface area contributed by atoms with Gasteiger partial charge >= 0.3 is 0 Å². The van der Waals surface area contributed by atoms with Crippen LogP contribution in [0, 0.1) is 5.82 Å². The van der Waals surface area contributed by atoms with E-state index in [1.54, 1.807) is 12.1 Å². The second-order valence-electron chi connectivity index (χ2n) is 5.20. The number of ether oxygens (including phenoxy) is 2. The molecule has 1 unspecified atom stereocenters. The summed E-state index contributed by atoms with van der Waals surface area (Å²) in [7, 11) is 0. The second kappa shape index (κ2) is 8.62. The van der Waals surface area contributed by atoms with E-state index >= 15 is 0 Å². The summed E-state index contributed by atoms with van der Waals surface area (Å²) in [6.45, 7) is 1.84. The number of nitrogens with one attached hydrogen (secondary N) is 1. The third kappa shape index (κ3) is 6.12. The highest BCUT2D eigenvalue weighted by Gasteiger charge is 2.17. The highest BCUT2D eigenvalue weighted by Crippen LogP contribution is 2.15. The van der Waals surface area contributed by atoms with E-state index in [1.807, 2.05) is 0 Å². The minimum atomic E-state index is -0.278. The molecule has 0 aliphatic carbocycles. The lowest BCUT2D eigenvalue weighted by molar-refractivity contribution is -0.124. The molecule has 0 bridgehead atoms. The fourth-order valence-corrected chi connectivity index (χ4v) is 2.27. The lowest BCUT2D eigenvalue weighted by Gasteiger charge is -2.21. The predicted molar refractivity (Wildman–Crippen MR) is 77.7 cm³/mol. The molecule has 4 nitrogen and oxygen atoms in total. The van der Waals surface area contributed by atoms with E-state index in [9.17, 15) is 9.18 Å². The maximum atomic E-state index is 12.7. The maximum Gasteiger partial charge on any atom is 0.222 e. The number of carbonyl (C=O) groups excluding carboxylic acids is 1. The topological polar surface area (TPSA) is 47.6 Å². The average Bonchev–Trinajstić information content (AvgIpc) is 2.50. The van der Waals surface area contributed by atoms with Crippen LogP contribution >= 0.6 is 0 Å². The molecule has 1 aliphatic rings. The summed E-state index contributed by atoms with van der Waals surface area (Å²) >= 11 is 0. The van der Waals surface area contributed by atoms with Crippen LogP contribution in [0.4, 0.5) is 4.39 Å². The Bertz CT molecular complexity index is 430. The standard InChI is InChI=1S/C16H22FNO3/c17-13-5-7-14(8-6-13)20-11-3-9-18-16(19)12-15-4-1-2-10-21-15/h5-8,15H,1-4,9-12H2,(H,18,19). The zero-order chi connectivity index (χ0) is 14.9. The van der Waals surface area contributed by atoms with Gasteiger partial charge in [-0.3, -0.25) is 4.79 Å². The van der Waals surface area contributed by atoms with Crippen molar-refractivity contribution in [1.29, 1.82) is 0 Å². The van der Waals surface area contributed by atoms with Gasteiger partial charge in [0.2, 0.25) is 5.91 Å². The first-order valence-electron chi connectivity index (χ1n) is 7.51. The predicted octanol–water partition coefficient (Wildman–Crippen LogP) is 2.67. The van der Waals surface area contributed by atoms with E-state index in [1.165, 1.54) is 12.1 Å². The van der Waals surface area contributed by atoms with Crippen LogP contribution in [-0.4, -0.2) is 31.8 Å². The Morgan fingerprint density at radius 1 is 1.33 bits per heavy atom. The van der Waals surface area contributed by atoms with Crippen molar-refractivity contribution in [3.63, 3.8) is 0 Å². The van der Waals surface area contributed by atoms with Crippen molar-refractivity contribution in [3.8, 4) is 5.75 Å². The van der Waals surface area contributed by atoms with Gasteiger partial charge < -0.3 is 14.8 Å². The van der Waals surface area contributed by atoms with Crippen LogP contribution in [-0.2, 0) is 9.53 Å². The van der Waals surface area contributed by atoms with Gasteiger partial charge in [0.25, 0.3) is 0 Å². The molecule has 0 aromatic heterocycles. The summed E-state index contributed by atoms with van der Waals surface area (Å²) in [5.74, 6) is 0.390. The summed E-state index contributed by atoms with van der Waals surface area (Å²) in [4.78, 5) is 11.7. The molecule has 1 atom stereocenters. The van der Waals surface area contributed by atoms with Crippen molar-refractivity contribution in [3.05, 3.63) is 30.1 Å². The lowest BCUT2D eigenvalue weighted by Crippen LogP contribution is -2.31. The van der Waals surface area contributed by atoms with E-state index in [4.69, 9.17) is 9.47 Å². The van der Waals surface area contributed by atoms with Crippen molar-refractivity contribution in [2.24, 2.45) is 0 Å². The maximum absolute atomic E-state index is 12.7. The van der Waals surface area contributed by atoms with Gasteiger partial charge in [0.1, 0.15) is 11.6 Å². The number of amides is 1. The summed E-state index contributed by atoms with van der Waals surface area (Å²) in [6, 6.07) is 5.91. The Morgan fingerprint density at radius 3 is 2.86 bits per heavy atom. The first-order chi connectivity index (χ1) is 10.2. The van der Waals surface area contributed by atoms with Crippen LogP contribution in [0.5, 0.6) is 5.75 Å². The quantitative estimate of drug-likeness (QED) is 0.787. The monoisotopic (exact) mass is 295 g/mol. The lowest BCUT2D eigenvalue weighted by atomic mass is 10.1. The average molecular weight is 295 g/mol. The molecule has 1 heterocycles. The molecular weight excluding hydrogens is 273 g/mol. The molecule has 21 heavy (non-hydrogen) atoms. The number of benzene rings is 1. The third-order valence-corrected chi connectivity index (χ3v) is 3.41. The molecule has 116 valence electrons. The van der Waals surface area contributed by atoms with Crippen LogP contribution in [0.15, 0.2) is 24.3 Å². The molecular formula is C16H22FNO3. The van der Waals surface area contributed by atoms with Crippen LogP contribution in [0.2, 0.25) is 0 Å². The van der Waals surface area contributed by atoms with E-state index < -0.39 is 0 Å². The molecule has 1 aromatic rings. The first kappa shape index (κ1) is 15.8. The largest absolute Gasteiger partial charge is 0.494 e. The third-order valence-electron chi connectivity index (χ3n) is 3.41. The van der Waals surface area contributed by atoms with Crippen LogP contribution < -0.4 is 10.1 Å². The van der Waals surface area contributed by atoms with Gasteiger partial charge in [0.05, 0.1) is 19.1 Å². The highest BCUT2D eigenvalue weighted by atomic mass is 19.1. The number of carbonyl (C=O) groups is 1. The normalized spacial score (nSPS) is 18.2. The van der Waals surface area contributed by atoms with Gasteiger partial charge in [-0.15, -0.1) is 0 Å². The van der Waals surface area contributed by atoms with Crippen molar-refractivity contribution < 1.29 is 18.7 Å². The van der Waals surface area contributed by atoms with E-state index in [0.717, 1.165) is 25.9 Å². The van der Waals surface area contributed by atoms with Gasteiger partial charge in [0.15, 0.2) is 0 Å². The highest BCUT2D eigenvalue weighted by molar-refractivity contribution is 5.76. The van der Waals surface area contributed by atoms with Crippen LogP contribution in [0.25, 0.3) is 0 Å². The van der Waals surface area contributed by atoms with Crippen molar-refractivity contribution in [2.45, 2.75) is 38.2 Å². The molecule has 1 aliphatic heterocycles. The molecule has 1 aromatic carbocycles. The number of halogens is 1. The summed E-state index contributed by atoms with van der Waals surface area (Å²) in [6.07, 6.45) is 4.45. The van der Waals surface area contributed by atoms with Crippen LogP contribution in [0.1, 0.15) is 32.1 Å². The Balaban J connectivity index is 1.52. The summed E-state index contributed by atoms with van der Waals surface area (Å²) in [5, 5.41) is 2.87. The fraction of sp³-hybridized carbons (Fsp3) is 0.562. The molecule has 0 spiro atoms. The van der Waals surface area contributed by atoms with E-state index in [0.29, 0.717) is 31.7 Å². The molecule has 0 saturated carbocycles. The Morgan fingerprint density at radius 2 is 2.14 bits per heavy atom. The first-order valence-corrected chi connectivity index (χ1v) is 7.51. The van der Waals surface area contributed by atoms with E-state index in [-0.39, 0.29) is 17.8 Å². The van der Waals surface area contributed by atoms with E-state index in [2.05, 4.69) is 5.32 Å². The Kier molecular flexibility index (Phi) is 6.47. The molecule has 1 N–H and O–H groups in total.